The minimum Gasteiger partial charge on any atom is -0.503 e. The summed E-state index contributed by atoms with van der Waals surface area (Å²) in [5.74, 6) is -5.00. The molecule has 5 aliphatic heterocycles. The van der Waals surface area contributed by atoms with E-state index in [2.05, 4.69) is 30.1 Å². The number of hydrogen-bond donors (Lipinski definition) is 7. The number of pyridine rings is 1. The van der Waals surface area contributed by atoms with Gasteiger partial charge in [-0.2, -0.15) is 9.36 Å². The van der Waals surface area contributed by atoms with Crippen LogP contribution in [0.2, 0.25) is 0 Å². The number of nitrogens with zero attached hydrogens (tertiary/aromatic N) is 5. The van der Waals surface area contributed by atoms with Crippen molar-refractivity contribution < 1.29 is 48.6 Å². The number of β-lactam (4-membered cyclic amide) rings is 1. The molecular weight excluding hydrogens is 711 g/mol. The molecule has 2 bridgehead atoms. The number of aliphatic carboxylic acids is 2. The number of hydrogen-bond acceptors (Lipinski definition) is 14. The first-order chi connectivity index (χ1) is 24.0. The second-order valence-corrected chi connectivity index (χ2v) is 15.5. The van der Waals surface area contributed by atoms with Crippen molar-refractivity contribution in [2.45, 2.75) is 50.1 Å². The van der Waals surface area contributed by atoms with E-state index in [9.17, 15) is 44.1 Å². The van der Waals surface area contributed by atoms with Gasteiger partial charge in [-0.3, -0.25) is 24.1 Å². The van der Waals surface area contributed by atoms with Crippen LogP contribution in [0.25, 0.3) is 0 Å². The number of aromatic nitrogens is 3. The number of nitrogens with one attached hydrogen (secondary N) is 3. The molecule has 0 unspecified atom stereocenters. The van der Waals surface area contributed by atoms with Crippen molar-refractivity contribution in [3.05, 3.63) is 45.3 Å². The Labute approximate surface area is 297 Å². The third-order valence-corrected chi connectivity index (χ3v) is 11.8. The summed E-state index contributed by atoms with van der Waals surface area (Å²) in [7, 11) is 0. The molecule has 0 spiro atoms. The molecule has 21 heteroatoms. The maximum Gasteiger partial charge on any atom is 0.352 e. The third-order valence-electron chi connectivity index (χ3n) is 9.92. The molecule has 272 valence electrons. The van der Waals surface area contributed by atoms with Crippen LogP contribution >= 0.6 is 23.3 Å². The first-order valence-corrected chi connectivity index (χ1v) is 17.7. The van der Waals surface area contributed by atoms with Gasteiger partial charge >= 0.3 is 11.9 Å². The summed E-state index contributed by atoms with van der Waals surface area (Å²) in [6.45, 7) is 5.54. The SMILES string of the molecule is CC(C)(O/N=C(/C(=O)N[C@@H]1C(=O)N2C(C(=O)O)=C(C[N+]34CCC(CNC(=O)c5cc(=O)c(O)c[nH]5)(CC3)CC4)CS[C@H]12)c1nsc(N)n1)C(=O)O. The number of carbonyl (C=O) groups is 5. The normalized spacial score (nSPS) is 25.9. The van der Waals surface area contributed by atoms with Crippen LogP contribution < -0.4 is 21.8 Å². The standard InChI is InChI=1S/C30H35N9O10S2/c1-29(2,27(47)48)49-36-18(21-35-28(31)51-37-21)23(43)34-19-24(44)38-20(26(45)46)14(12-50-25(19)38)11-39-6-3-30(4-7-39,5-8-39)13-33-22(42)15-9-16(40)17(41)10-32-15/h9-10,19,25H,3-8,11-13H2,1-2H3,(H7-,31,32,33,34,35,36,37,40,41,42,43,45,46,47,48)/p+1/t19-,25-,30?,39?/m1/s1. The molecule has 2 aromatic rings. The van der Waals surface area contributed by atoms with Crippen molar-refractivity contribution in [2.75, 3.05) is 44.2 Å². The van der Waals surface area contributed by atoms with Crippen molar-refractivity contribution in [2.24, 2.45) is 10.6 Å². The number of fused-ring (bicyclic) bond motifs is 4. The molecule has 19 nitrogen and oxygen atoms in total. The second-order valence-electron chi connectivity index (χ2n) is 13.6. The predicted molar refractivity (Wildman–Crippen MR) is 180 cm³/mol. The number of thioether (sulfide) groups is 1. The van der Waals surface area contributed by atoms with E-state index in [4.69, 9.17) is 10.6 Å². The van der Waals surface area contributed by atoms with Gasteiger partial charge in [0.05, 0.1) is 19.6 Å². The fourth-order valence-electron chi connectivity index (χ4n) is 6.73. The minimum atomic E-state index is -1.81. The van der Waals surface area contributed by atoms with E-state index in [-0.39, 0.29) is 27.8 Å². The zero-order valence-corrected chi connectivity index (χ0v) is 29.1. The molecule has 2 aromatic heterocycles. The molecule has 0 radical (unpaired) electrons. The van der Waals surface area contributed by atoms with Crippen LogP contribution in [-0.2, 0) is 24.0 Å². The fraction of sp³-hybridized carbons (Fsp3) is 0.500. The first kappa shape index (κ1) is 35.8. The largest absolute Gasteiger partial charge is 0.503 e. The van der Waals surface area contributed by atoms with Gasteiger partial charge in [0.25, 0.3) is 17.7 Å². The van der Waals surface area contributed by atoms with Crippen molar-refractivity contribution in [1.29, 1.82) is 0 Å². The second kappa shape index (κ2) is 13.3. The van der Waals surface area contributed by atoms with E-state index in [1.807, 2.05) is 0 Å². The van der Waals surface area contributed by atoms with Crippen molar-refractivity contribution in [3.63, 3.8) is 0 Å². The third kappa shape index (κ3) is 6.87. The average Bonchev–Trinajstić information content (AvgIpc) is 3.53. The molecule has 51 heavy (non-hydrogen) atoms. The summed E-state index contributed by atoms with van der Waals surface area (Å²) in [6, 6.07) is -0.0618. The van der Waals surface area contributed by atoms with Crippen molar-refractivity contribution in [1.82, 2.24) is 29.9 Å². The number of anilines is 1. The highest BCUT2D eigenvalue weighted by Gasteiger charge is 2.56. The Morgan fingerprint density at radius 3 is 2.47 bits per heavy atom. The molecule has 0 aliphatic carbocycles. The van der Waals surface area contributed by atoms with Gasteiger partial charge in [-0.15, -0.1) is 11.8 Å². The van der Waals surface area contributed by atoms with Gasteiger partial charge in [-0.05, 0) is 13.8 Å². The lowest BCUT2D eigenvalue weighted by Gasteiger charge is -2.56. The number of quaternary nitrogens is 1. The van der Waals surface area contributed by atoms with Gasteiger partial charge in [-0.1, -0.05) is 5.16 Å². The van der Waals surface area contributed by atoms with Crippen molar-refractivity contribution in [3.8, 4) is 5.75 Å². The predicted octanol–water partition coefficient (Wildman–Crippen LogP) is -0.733. The lowest BCUT2D eigenvalue weighted by Crippen LogP contribution is -2.71. The minimum absolute atomic E-state index is 0.0102. The first-order valence-electron chi connectivity index (χ1n) is 15.9. The maximum absolute atomic E-state index is 13.4. The van der Waals surface area contributed by atoms with Crippen LogP contribution in [0.5, 0.6) is 5.75 Å². The van der Waals surface area contributed by atoms with Crippen LogP contribution in [0.3, 0.4) is 0 Å². The maximum atomic E-state index is 13.4. The molecular formula is C30H36N9O10S2+. The Morgan fingerprint density at radius 1 is 1.20 bits per heavy atom. The Morgan fingerprint density at radius 2 is 1.88 bits per heavy atom. The van der Waals surface area contributed by atoms with Gasteiger partial charge in [0.1, 0.15) is 29.4 Å². The summed E-state index contributed by atoms with van der Waals surface area (Å²) in [4.78, 5) is 88.2. The molecule has 7 heterocycles. The van der Waals surface area contributed by atoms with Crippen LogP contribution in [0.4, 0.5) is 5.13 Å². The number of carbonyl (C=O) groups excluding carboxylic acids is 3. The van der Waals surface area contributed by atoms with E-state index in [1.165, 1.54) is 30.5 Å². The van der Waals surface area contributed by atoms with Crippen LogP contribution in [-0.4, -0.2) is 130 Å². The van der Waals surface area contributed by atoms with Crippen LogP contribution in [0, 0.1) is 5.41 Å². The number of nitrogen functional groups attached to an aromatic ring is 1. The molecule has 0 saturated carbocycles. The number of amides is 3. The summed E-state index contributed by atoms with van der Waals surface area (Å²) >= 11 is 2.09. The van der Waals surface area contributed by atoms with Gasteiger partial charge in [0, 0.05) is 66.3 Å². The summed E-state index contributed by atoms with van der Waals surface area (Å²) in [5.41, 5.74) is 3.13. The zero-order chi connectivity index (χ0) is 36.9. The molecule has 2 atom stereocenters. The summed E-state index contributed by atoms with van der Waals surface area (Å²) < 4.78 is 4.60. The molecule has 7 rings (SSSR count). The average molecular weight is 747 g/mol. The number of aromatic amines is 1. The number of nitrogens with two attached hydrogens (primary N) is 1. The van der Waals surface area contributed by atoms with Gasteiger partial charge in [0.2, 0.25) is 22.6 Å². The highest BCUT2D eigenvalue weighted by Crippen LogP contribution is 2.46. The zero-order valence-electron chi connectivity index (χ0n) is 27.5. The Kier molecular flexibility index (Phi) is 9.31. The van der Waals surface area contributed by atoms with E-state index < -0.39 is 63.6 Å². The number of aromatic hydroxyl groups is 1. The monoisotopic (exact) mass is 746 g/mol. The Hall–Kier alpha value is -5.02. The number of piperidine rings is 3. The van der Waals surface area contributed by atoms with E-state index >= 15 is 0 Å². The van der Waals surface area contributed by atoms with E-state index in [1.54, 1.807) is 0 Å². The van der Waals surface area contributed by atoms with Gasteiger partial charge in [-0.25, -0.2) is 9.59 Å². The highest BCUT2D eigenvalue weighted by molar-refractivity contribution is 8.00. The van der Waals surface area contributed by atoms with Crippen LogP contribution in [0.15, 0.2) is 33.5 Å². The van der Waals surface area contributed by atoms with E-state index in [0.717, 1.165) is 62.7 Å². The molecule has 4 saturated heterocycles. The molecule has 4 fully saturated rings. The molecule has 3 amide bonds. The molecule has 8 N–H and O–H groups in total. The molecule has 5 aliphatic rings. The smallest absolute Gasteiger partial charge is 0.352 e. The Balaban J connectivity index is 1.11. The quantitative estimate of drug-likeness (QED) is 0.0611. The fourth-order valence-corrected chi connectivity index (χ4v) is 8.50. The summed E-state index contributed by atoms with van der Waals surface area (Å²) in [5, 5.41) is 37.6. The number of carboxylic acid groups (broad SMARTS) is 2. The number of H-pyrrole nitrogens is 1. The summed E-state index contributed by atoms with van der Waals surface area (Å²) in [6.07, 6.45) is 3.44. The topological polar surface area (TPSA) is 280 Å². The van der Waals surface area contributed by atoms with Gasteiger partial charge in [0.15, 0.2) is 10.9 Å². The lowest BCUT2D eigenvalue weighted by molar-refractivity contribution is -0.941. The Bertz CT molecular complexity index is 1910. The number of carboxylic acids is 2. The van der Waals surface area contributed by atoms with Gasteiger partial charge < -0.3 is 46.0 Å². The lowest BCUT2D eigenvalue weighted by atomic mass is 9.70. The highest BCUT2D eigenvalue weighted by atomic mass is 32.2. The van der Waals surface area contributed by atoms with Crippen molar-refractivity contribution >= 4 is 63.8 Å². The van der Waals surface area contributed by atoms with Crippen LogP contribution in [0.1, 0.15) is 49.4 Å². The number of oxime groups is 1. The number of rotatable bonds is 12. The van der Waals surface area contributed by atoms with E-state index in [0.29, 0.717) is 28.9 Å². The molecule has 0 aromatic carbocycles.